The van der Waals surface area contributed by atoms with Crippen LogP contribution in [0.25, 0.3) is 16.5 Å². The summed E-state index contributed by atoms with van der Waals surface area (Å²) in [7, 11) is 0. The predicted molar refractivity (Wildman–Crippen MR) is 100 cm³/mol. The fourth-order valence-electron chi connectivity index (χ4n) is 3.06. The van der Waals surface area contributed by atoms with Crippen LogP contribution >= 0.6 is 0 Å². The number of hydrazine groups is 1. The Kier molecular flexibility index (Phi) is 4.19. The van der Waals surface area contributed by atoms with Crippen LogP contribution in [0.3, 0.4) is 0 Å². The molecule has 2 atom stereocenters. The van der Waals surface area contributed by atoms with E-state index in [4.69, 9.17) is 0 Å². The van der Waals surface area contributed by atoms with Crippen LogP contribution in [0.1, 0.15) is 23.8 Å². The summed E-state index contributed by atoms with van der Waals surface area (Å²) in [4.78, 5) is 37.4. The molecule has 4 rings (SSSR count). The van der Waals surface area contributed by atoms with Crippen molar-refractivity contribution in [3.8, 4) is 5.69 Å². The van der Waals surface area contributed by atoms with E-state index in [1.165, 1.54) is 4.68 Å². The Hall–Kier alpha value is -3.48. The third-order valence-corrected chi connectivity index (χ3v) is 4.77. The molecule has 0 aliphatic heterocycles. The van der Waals surface area contributed by atoms with Gasteiger partial charge in [-0.1, -0.05) is 43.3 Å². The molecule has 2 aromatic carbocycles. The molecule has 0 saturated heterocycles. The third-order valence-electron chi connectivity index (χ3n) is 4.77. The van der Waals surface area contributed by atoms with E-state index in [9.17, 15) is 14.4 Å². The monoisotopic (exact) mass is 362 g/mol. The molecule has 7 heteroatoms. The van der Waals surface area contributed by atoms with E-state index in [2.05, 4.69) is 16.0 Å². The Morgan fingerprint density at radius 3 is 2.30 bits per heavy atom. The standard InChI is InChI=1S/C20H18N4O3/c1-12-11-16(12)18(25)21-22-19(26)17-14-9-5-6-10-15(14)20(27)24(23-17)13-7-3-2-4-8-13/h2-10,12,16H,11H2,1H3,(H,21,25)(H,22,26)/t12-,16-/m0/s1. The maximum atomic E-state index is 12.8. The molecule has 3 aromatic rings. The minimum atomic E-state index is -0.572. The Labute approximate surface area is 155 Å². The zero-order chi connectivity index (χ0) is 19.0. The number of carbonyl (C=O) groups is 2. The molecule has 136 valence electrons. The van der Waals surface area contributed by atoms with E-state index in [0.717, 1.165) is 6.42 Å². The van der Waals surface area contributed by atoms with Gasteiger partial charge in [0, 0.05) is 11.3 Å². The van der Waals surface area contributed by atoms with E-state index in [-0.39, 0.29) is 23.1 Å². The number of carbonyl (C=O) groups excluding carboxylic acids is 2. The van der Waals surface area contributed by atoms with Gasteiger partial charge in [0.25, 0.3) is 11.5 Å². The summed E-state index contributed by atoms with van der Waals surface area (Å²) in [6.45, 7) is 1.98. The van der Waals surface area contributed by atoms with Crippen LogP contribution < -0.4 is 16.4 Å². The average molecular weight is 362 g/mol. The van der Waals surface area contributed by atoms with E-state index in [0.29, 0.717) is 22.4 Å². The van der Waals surface area contributed by atoms with Gasteiger partial charge in [-0.25, -0.2) is 0 Å². The van der Waals surface area contributed by atoms with E-state index < -0.39 is 5.91 Å². The van der Waals surface area contributed by atoms with Crippen molar-refractivity contribution in [1.82, 2.24) is 20.6 Å². The molecule has 1 saturated carbocycles. The Morgan fingerprint density at radius 1 is 1.00 bits per heavy atom. The number of amides is 2. The zero-order valence-corrected chi connectivity index (χ0v) is 14.7. The van der Waals surface area contributed by atoms with Crippen LogP contribution in [0.5, 0.6) is 0 Å². The highest BCUT2D eigenvalue weighted by molar-refractivity contribution is 6.05. The molecule has 0 radical (unpaired) electrons. The van der Waals surface area contributed by atoms with Gasteiger partial charge in [0.05, 0.1) is 11.1 Å². The van der Waals surface area contributed by atoms with Crippen molar-refractivity contribution in [3.05, 3.63) is 70.6 Å². The molecule has 1 aliphatic carbocycles. The number of benzene rings is 2. The van der Waals surface area contributed by atoms with Gasteiger partial charge in [0.2, 0.25) is 5.91 Å². The number of rotatable bonds is 3. The fraction of sp³-hybridized carbons (Fsp3) is 0.200. The molecular weight excluding hydrogens is 344 g/mol. The van der Waals surface area contributed by atoms with Crippen LogP contribution in [-0.2, 0) is 4.79 Å². The third kappa shape index (κ3) is 3.19. The average Bonchev–Trinajstić information content (AvgIpc) is 3.44. The number of hydrogen-bond donors (Lipinski definition) is 2. The molecular formula is C20H18N4O3. The van der Waals surface area contributed by atoms with Gasteiger partial charge in [0.1, 0.15) is 0 Å². The number of nitrogens with one attached hydrogen (secondary N) is 2. The first-order valence-corrected chi connectivity index (χ1v) is 8.74. The number of aromatic nitrogens is 2. The first-order chi connectivity index (χ1) is 13.1. The summed E-state index contributed by atoms with van der Waals surface area (Å²) in [6.07, 6.45) is 0.821. The van der Waals surface area contributed by atoms with E-state index in [1.807, 2.05) is 13.0 Å². The highest BCUT2D eigenvalue weighted by Gasteiger charge is 2.39. The van der Waals surface area contributed by atoms with Gasteiger partial charge >= 0.3 is 0 Å². The highest BCUT2D eigenvalue weighted by Crippen LogP contribution is 2.37. The van der Waals surface area contributed by atoms with Crippen LogP contribution in [0.2, 0.25) is 0 Å². The molecule has 2 amide bonds. The van der Waals surface area contributed by atoms with E-state index >= 15 is 0 Å². The SMILES string of the molecule is C[C@H]1C[C@@H]1C(=O)NNC(=O)c1nn(-c2ccccc2)c(=O)c2ccccc12. The molecule has 1 aromatic heterocycles. The summed E-state index contributed by atoms with van der Waals surface area (Å²) in [6, 6.07) is 15.7. The van der Waals surface area contributed by atoms with Gasteiger partial charge in [-0.3, -0.25) is 25.2 Å². The molecule has 1 fully saturated rings. The van der Waals surface area contributed by atoms with Gasteiger partial charge in [-0.2, -0.15) is 9.78 Å². The number of fused-ring (bicyclic) bond motifs is 1. The molecule has 1 heterocycles. The Balaban J connectivity index is 1.73. The van der Waals surface area contributed by atoms with Crippen LogP contribution in [0, 0.1) is 11.8 Å². The lowest BCUT2D eigenvalue weighted by Crippen LogP contribution is -2.43. The second-order valence-electron chi connectivity index (χ2n) is 6.71. The lowest BCUT2D eigenvalue weighted by Gasteiger charge is -2.12. The van der Waals surface area contributed by atoms with Crippen molar-refractivity contribution in [1.29, 1.82) is 0 Å². The van der Waals surface area contributed by atoms with Crippen molar-refractivity contribution >= 4 is 22.6 Å². The molecule has 0 bridgehead atoms. The van der Waals surface area contributed by atoms with Crippen LogP contribution in [0.4, 0.5) is 0 Å². The lowest BCUT2D eigenvalue weighted by molar-refractivity contribution is -0.123. The van der Waals surface area contributed by atoms with Crippen molar-refractivity contribution in [3.63, 3.8) is 0 Å². The second kappa shape index (κ2) is 6.68. The molecule has 27 heavy (non-hydrogen) atoms. The minimum Gasteiger partial charge on any atom is -0.273 e. The van der Waals surface area contributed by atoms with Gasteiger partial charge in [0.15, 0.2) is 5.69 Å². The quantitative estimate of drug-likeness (QED) is 0.695. The largest absolute Gasteiger partial charge is 0.290 e. The summed E-state index contributed by atoms with van der Waals surface area (Å²) < 4.78 is 1.20. The zero-order valence-electron chi connectivity index (χ0n) is 14.7. The molecule has 0 spiro atoms. The van der Waals surface area contributed by atoms with Gasteiger partial charge in [-0.15, -0.1) is 0 Å². The van der Waals surface area contributed by atoms with Crippen molar-refractivity contribution < 1.29 is 9.59 Å². The minimum absolute atomic E-state index is 0.0618. The first-order valence-electron chi connectivity index (χ1n) is 8.74. The summed E-state index contributed by atoms with van der Waals surface area (Å²) >= 11 is 0. The maximum absolute atomic E-state index is 12.8. The molecule has 7 nitrogen and oxygen atoms in total. The Bertz CT molecular complexity index is 1090. The van der Waals surface area contributed by atoms with Gasteiger partial charge in [-0.05, 0) is 30.5 Å². The maximum Gasteiger partial charge on any atom is 0.290 e. The fourth-order valence-corrected chi connectivity index (χ4v) is 3.06. The Morgan fingerprint density at radius 2 is 1.63 bits per heavy atom. The normalized spacial score (nSPS) is 18.1. The number of nitrogens with zero attached hydrogens (tertiary/aromatic N) is 2. The summed E-state index contributed by atoms with van der Waals surface area (Å²) in [5.74, 6) is -0.511. The lowest BCUT2D eigenvalue weighted by atomic mass is 10.1. The summed E-state index contributed by atoms with van der Waals surface area (Å²) in [5, 5.41) is 5.07. The van der Waals surface area contributed by atoms with E-state index in [1.54, 1.807) is 48.5 Å². The van der Waals surface area contributed by atoms with Crippen molar-refractivity contribution in [2.45, 2.75) is 13.3 Å². The first kappa shape index (κ1) is 17.0. The topological polar surface area (TPSA) is 93.1 Å². The number of para-hydroxylation sites is 1. The highest BCUT2D eigenvalue weighted by atomic mass is 16.2. The second-order valence-corrected chi connectivity index (χ2v) is 6.71. The smallest absolute Gasteiger partial charge is 0.273 e. The number of hydrogen-bond acceptors (Lipinski definition) is 4. The van der Waals surface area contributed by atoms with Crippen LogP contribution in [-0.4, -0.2) is 21.6 Å². The predicted octanol–water partition coefficient (Wildman–Crippen LogP) is 1.80. The molecule has 0 unspecified atom stereocenters. The van der Waals surface area contributed by atoms with Gasteiger partial charge < -0.3 is 0 Å². The summed E-state index contributed by atoms with van der Waals surface area (Å²) in [5.41, 5.74) is 5.17. The molecule has 1 aliphatic rings. The van der Waals surface area contributed by atoms with Crippen LogP contribution in [0.15, 0.2) is 59.4 Å². The van der Waals surface area contributed by atoms with Crippen molar-refractivity contribution in [2.75, 3.05) is 0 Å². The van der Waals surface area contributed by atoms with Crippen molar-refractivity contribution in [2.24, 2.45) is 11.8 Å². The molecule has 2 N–H and O–H groups in total.